The lowest BCUT2D eigenvalue weighted by Crippen LogP contribution is -2.61. The Hall–Kier alpha value is -3.16. The molecule has 8 atom stereocenters. The van der Waals surface area contributed by atoms with E-state index >= 15 is 0 Å². The first-order valence-electron chi connectivity index (χ1n) is 37.4. The fraction of sp³-hybridized carbons (Fsp3) is 0.795. The molecule has 0 spiro atoms. The standard InChI is InChI=1S/C78H139NO10/c1-4-7-10-13-16-19-22-25-27-29-31-33-34-35-36-37-39-40-42-44-47-50-53-56-59-62-65-71(82)77(86)79-69(70(81)64-61-58-55-52-49-46-24-21-18-15-12-9-6-3)68-87-78-76(75(85)74(84)72(67-80)88-78)89-73(83)66-63-60-57-54-51-48-45-43-41-38-32-30-28-26-23-20-17-14-11-8-5-2/h16-17,19-20,25-28,32,38,43,45,61,64,69-72,74-76,78,80-82,84-85H,4-15,18,21-24,29-31,33-37,39-42,44,46-60,62-63,65-68H2,1-3H3,(H,79,86)/b19-16-,20-17-,27-25-,28-26-,38-32-,45-43-,64-61+. The van der Waals surface area contributed by atoms with Gasteiger partial charge in [-0.25, -0.2) is 0 Å². The van der Waals surface area contributed by atoms with Gasteiger partial charge in [0.1, 0.15) is 24.4 Å². The normalized spacial score (nSPS) is 18.6. The van der Waals surface area contributed by atoms with Crippen LogP contribution in [0.4, 0.5) is 0 Å². The summed E-state index contributed by atoms with van der Waals surface area (Å²) in [5.41, 5.74) is 0. The Bertz CT molecular complexity index is 1780. The van der Waals surface area contributed by atoms with E-state index in [0.29, 0.717) is 12.8 Å². The summed E-state index contributed by atoms with van der Waals surface area (Å²) in [6.07, 6.45) is 76.2. The molecular weight excluding hydrogens is 1110 g/mol. The summed E-state index contributed by atoms with van der Waals surface area (Å²) in [5, 5.41) is 57.3. The van der Waals surface area contributed by atoms with Gasteiger partial charge in [0.15, 0.2) is 12.4 Å². The second kappa shape index (κ2) is 64.9. The molecule has 0 aromatic rings. The van der Waals surface area contributed by atoms with Gasteiger partial charge in [0.2, 0.25) is 5.91 Å². The summed E-state index contributed by atoms with van der Waals surface area (Å²) in [4.78, 5) is 26.7. The lowest BCUT2D eigenvalue weighted by atomic mass is 9.99. The van der Waals surface area contributed by atoms with E-state index < -0.39 is 67.4 Å². The van der Waals surface area contributed by atoms with E-state index in [1.807, 2.05) is 6.08 Å². The van der Waals surface area contributed by atoms with Crippen LogP contribution in [-0.2, 0) is 23.8 Å². The van der Waals surface area contributed by atoms with Crippen molar-refractivity contribution in [2.24, 2.45) is 0 Å². The molecule has 516 valence electrons. The van der Waals surface area contributed by atoms with Crippen LogP contribution in [0.25, 0.3) is 0 Å². The number of carbonyl (C=O) groups is 2. The average molecular weight is 1250 g/mol. The van der Waals surface area contributed by atoms with E-state index in [2.05, 4.69) is 99.0 Å². The van der Waals surface area contributed by atoms with E-state index in [-0.39, 0.29) is 19.4 Å². The molecule has 1 heterocycles. The second-order valence-corrected chi connectivity index (χ2v) is 25.7. The highest BCUT2D eigenvalue weighted by atomic mass is 16.7. The Morgan fingerprint density at radius 1 is 0.438 bits per heavy atom. The van der Waals surface area contributed by atoms with Crippen molar-refractivity contribution in [1.82, 2.24) is 5.32 Å². The molecule has 1 aliphatic heterocycles. The van der Waals surface area contributed by atoms with Crippen molar-refractivity contribution in [3.8, 4) is 0 Å². The average Bonchev–Trinajstić information content (AvgIpc) is 2.24. The Labute approximate surface area is 546 Å². The van der Waals surface area contributed by atoms with Gasteiger partial charge >= 0.3 is 5.97 Å². The smallest absolute Gasteiger partial charge is 0.306 e. The molecule has 0 aliphatic carbocycles. The second-order valence-electron chi connectivity index (χ2n) is 25.7. The maximum atomic E-state index is 13.5. The summed E-state index contributed by atoms with van der Waals surface area (Å²) < 4.78 is 17.7. The molecular formula is C78H139NO10. The van der Waals surface area contributed by atoms with E-state index in [0.717, 1.165) is 96.3 Å². The number of hydrogen-bond acceptors (Lipinski definition) is 10. The van der Waals surface area contributed by atoms with Crippen LogP contribution in [-0.4, -0.2) is 99.6 Å². The third kappa shape index (κ3) is 52.0. The van der Waals surface area contributed by atoms with Crippen molar-refractivity contribution in [3.63, 3.8) is 0 Å². The number of aliphatic hydroxyl groups excluding tert-OH is 5. The Morgan fingerprint density at radius 3 is 1.18 bits per heavy atom. The van der Waals surface area contributed by atoms with Crippen molar-refractivity contribution >= 4 is 11.9 Å². The summed E-state index contributed by atoms with van der Waals surface area (Å²) in [6.45, 7) is 5.77. The van der Waals surface area contributed by atoms with Gasteiger partial charge < -0.3 is 45.1 Å². The maximum absolute atomic E-state index is 13.5. The van der Waals surface area contributed by atoms with Gasteiger partial charge in [-0.15, -0.1) is 0 Å². The first-order chi connectivity index (χ1) is 43.7. The number of hydrogen-bond donors (Lipinski definition) is 6. The molecule has 0 aromatic carbocycles. The van der Waals surface area contributed by atoms with Crippen LogP contribution in [0.2, 0.25) is 0 Å². The minimum Gasteiger partial charge on any atom is -0.454 e. The number of carbonyl (C=O) groups excluding carboxylic acids is 2. The molecule has 1 aliphatic rings. The molecule has 8 unspecified atom stereocenters. The molecule has 1 rings (SSSR count). The Balaban J connectivity index is 2.57. The third-order valence-electron chi connectivity index (χ3n) is 17.3. The van der Waals surface area contributed by atoms with Crippen LogP contribution in [0.5, 0.6) is 0 Å². The van der Waals surface area contributed by atoms with E-state index in [9.17, 15) is 35.1 Å². The SMILES string of the molecule is CCCCC/C=C\C/C=C\C/C=C\C/C=C\CCCCCCCC(=O)OC1C(OCC(NC(=O)C(O)CCCCCCCCCCCCCCCCCC/C=C\C/C=C\CCCCC)C(O)/C=C/CCCCCCCCCCCCC)OC(CO)C(O)C1O. The fourth-order valence-corrected chi connectivity index (χ4v) is 11.4. The first kappa shape index (κ1) is 83.9. The van der Waals surface area contributed by atoms with Gasteiger partial charge in [-0.2, -0.15) is 0 Å². The molecule has 11 nitrogen and oxygen atoms in total. The quantitative estimate of drug-likeness (QED) is 0.0195. The third-order valence-corrected chi connectivity index (χ3v) is 17.3. The Kier molecular flexibility index (Phi) is 61.2. The zero-order valence-corrected chi connectivity index (χ0v) is 57.5. The molecule has 6 N–H and O–H groups in total. The lowest BCUT2D eigenvalue weighted by Gasteiger charge is -2.41. The minimum atomic E-state index is -1.63. The van der Waals surface area contributed by atoms with Gasteiger partial charge in [0.25, 0.3) is 0 Å². The van der Waals surface area contributed by atoms with Crippen molar-refractivity contribution in [2.45, 2.75) is 384 Å². The summed E-state index contributed by atoms with van der Waals surface area (Å²) in [7, 11) is 0. The van der Waals surface area contributed by atoms with Crippen LogP contribution in [0.15, 0.2) is 85.1 Å². The van der Waals surface area contributed by atoms with Crippen LogP contribution < -0.4 is 5.32 Å². The molecule has 0 radical (unpaired) electrons. The van der Waals surface area contributed by atoms with Gasteiger partial charge in [-0.3, -0.25) is 9.59 Å². The largest absolute Gasteiger partial charge is 0.454 e. The number of unbranched alkanes of at least 4 members (excludes halogenated alkanes) is 38. The summed E-state index contributed by atoms with van der Waals surface area (Å²) in [6, 6.07) is -1.03. The number of esters is 1. The highest BCUT2D eigenvalue weighted by Crippen LogP contribution is 2.26. The number of allylic oxidation sites excluding steroid dienone is 13. The molecule has 11 heteroatoms. The molecule has 1 amide bonds. The van der Waals surface area contributed by atoms with Gasteiger partial charge in [0.05, 0.1) is 25.4 Å². The highest BCUT2D eigenvalue weighted by Gasteiger charge is 2.47. The molecule has 0 saturated carbocycles. The van der Waals surface area contributed by atoms with Crippen molar-refractivity contribution in [1.29, 1.82) is 0 Å². The summed E-state index contributed by atoms with van der Waals surface area (Å²) >= 11 is 0. The predicted octanol–water partition coefficient (Wildman–Crippen LogP) is 19.6. The summed E-state index contributed by atoms with van der Waals surface area (Å²) in [5.74, 6) is -1.21. The molecule has 1 saturated heterocycles. The predicted molar refractivity (Wildman–Crippen MR) is 375 cm³/mol. The van der Waals surface area contributed by atoms with Crippen molar-refractivity contribution < 1.29 is 49.3 Å². The topological polar surface area (TPSA) is 175 Å². The van der Waals surface area contributed by atoms with Crippen LogP contribution in [0.3, 0.4) is 0 Å². The molecule has 0 bridgehead atoms. The number of amides is 1. The number of aliphatic hydroxyl groups is 5. The number of ether oxygens (including phenoxy) is 3. The Morgan fingerprint density at radius 2 is 0.775 bits per heavy atom. The van der Waals surface area contributed by atoms with E-state index in [1.54, 1.807) is 6.08 Å². The molecule has 1 fully saturated rings. The van der Waals surface area contributed by atoms with Gasteiger partial charge in [-0.1, -0.05) is 311 Å². The molecule has 89 heavy (non-hydrogen) atoms. The first-order valence-corrected chi connectivity index (χ1v) is 37.4. The minimum absolute atomic E-state index is 0.101. The van der Waals surface area contributed by atoms with E-state index in [1.165, 1.54) is 193 Å². The van der Waals surface area contributed by atoms with Crippen molar-refractivity contribution in [3.05, 3.63) is 85.1 Å². The zero-order chi connectivity index (χ0) is 64.6. The van der Waals surface area contributed by atoms with Crippen LogP contribution in [0, 0.1) is 0 Å². The number of rotatable bonds is 64. The maximum Gasteiger partial charge on any atom is 0.306 e. The fourth-order valence-electron chi connectivity index (χ4n) is 11.4. The zero-order valence-electron chi connectivity index (χ0n) is 57.5. The monoisotopic (exact) mass is 1250 g/mol. The highest BCUT2D eigenvalue weighted by molar-refractivity contribution is 5.80. The van der Waals surface area contributed by atoms with Crippen LogP contribution in [0.1, 0.15) is 335 Å². The molecule has 0 aromatic heterocycles. The van der Waals surface area contributed by atoms with Gasteiger partial charge in [-0.05, 0) is 103 Å². The number of nitrogens with one attached hydrogen (secondary N) is 1. The lowest BCUT2D eigenvalue weighted by molar-refractivity contribution is -0.305. The van der Waals surface area contributed by atoms with Crippen molar-refractivity contribution in [2.75, 3.05) is 13.2 Å². The van der Waals surface area contributed by atoms with Gasteiger partial charge in [0, 0.05) is 6.42 Å². The van der Waals surface area contributed by atoms with Crippen LogP contribution >= 0.6 is 0 Å². The van der Waals surface area contributed by atoms with E-state index in [4.69, 9.17) is 14.2 Å².